The van der Waals surface area contributed by atoms with Gasteiger partial charge in [-0.2, -0.15) is 0 Å². The summed E-state index contributed by atoms with van der Waals surface area (Å²) in [5, 5.41) is 19.8. The number of carbonyl (C=O) groups is 12. The molecular formula is C38H63N9O12. The van der Waals surface area contributed by atoms with Crippen LogP contribution in [-0.2, 0) is 57.5 Å². The number of aldehydes is 2. The first kappa shape index (κ1) is 57.0. The number of rotatable bonds is 26. The molecular weight excluding hydrogens is 774 g/mol. The smallest absolute Gasteiger partial charge is 0.253 e. The molecule has 9 amide bonds. The summed E-state index contributed by atoms with van der Waals surface area (Å²) in [5.74, 6) is -3.87. The number of nitrogens with one attached hydrogen (secondary N) is 8. The average molecular weight is 838 g/mol. The molecule has 1 aliphatic rings. The van der Waals surface area contributed by atoms with Gasteiger partial charge in [-0.1, -0.05) is 33.8 Å². The third kappa shape index (κ3) is 32.5. The highest BCUT2D eigenvalue weighted by Gasteiger charge is 2.22. The zero-order valence-electron chi connectivity index (χ0n) is 35.2. The van der Waals surface area contributed by atoms with Crippen LogP contribution in [0.5, 0.6) is 0 Å². The second-order valence-corrected chi connectivity index (χ2v) is 12.0. The van der Waals surface area contributed by atoms with E-state index in [1.54, 1.807) is 0 Å². The summed E-state index contributed by atoms with van der Waals surface area (Å²) in [5.41, 5.74) is 0.785. The molecule has 1 rings (SSSR count). The van der Waals surface area contributed by atoms with Crippen molar-refractivity contribution in [3.05, 3.63) is 23.9 Å². The average Bonchev–Trinajstić information content (AvgIpc) is 3.53. The monoisotopic (exact) mass is 837 g/mol. The van der Waals surface area contributed by atoms with E-state index in [4.69, 9.17) is 4.79 Å². The Hall–Kier alpha value is -6.28. The van der Waals surface area contributed by atoms with Crippen molar-refractivity contribution in [1.29, 1.82) is 0 Å². The van der Waals surface area contributed by atoms with E-state index in [0.717, 1.165) is 18.4 Å². The molecule has 0 saturated heterocycles. The number of hydrogen-bond donors (Lipinski definition) is 8. The quantitative estimate of drug-likeness (QED) is 0.0345. The van der Waals surface area contributed by atoms with Crippen LogP contribution in [0, 0.1) is 0 Å². The van der Waals surface area contributed by atoms with Gasteiger partial charge in [0.25, 0.3) is 11.8 Å². The van der Waals surface area contributed by atoms with Crippen molar-refractivity contribution >= 4 is 72.0 Å². The molecule has 0 bridgehead atoms. The minimum Gasteiger partial charge on any atom is -0.386 e. The van der Waals surface area contributed by atoms with E-state index >= 15 is 0 Å². The highest BCUT2D eigenvalue weighted by Crippen LogP contribution is 2.10. The number of allylic oxidation sites excluding steroid dienone is 2. The molecule has 0 saturated carbocycles. The molecule has 1 aliphatic heterocycles. The highest BCUT2D eigenvalue weighted by molar-refractivity contribution is 6.12. The molecule has 0 aromatic carbocycles. The molecule has 0 aromatic heterocycles. The van der Waals surface area contributed by atoms with Gasteiger partial charge in [-0.3, -0.25) is 52.8 Å². The summed E-state index contributed by atoms with van der Waals surface area (Å²) in [6.07, 6.45) is 8.75. The van der Waals surface area contributed by atoms with Gasteiger partial charge in [-0.05, 0) is 52.9 Å². The van der Waals surface area contributed by atoms with Gasteiger partial charge in [0, 0.05) is 36.9 Å². The summed E-state index contributed by atoms with van der Waals surface area (Å²) < 4.78 is 0. The second-order valence-electron chi connectivity index (χ2n) is 12.0. The molecule has 21 heteroatoms. The second kappa shape index (κ2) is 37.3. The van der Waals surface area contributed by atoms with E-state index < -0.39 is 42.1 Å². The molecule has 332 valence electrons. The molecule has 0 radical (unpaired) electrons. The Morgan fingerprint density at radius 1 is 0.695 bits per heavy atom. The van der Waals surface area contributed by atoms with Gasteiger partial charge in [-0.15, -0.1) is 0 Å². The van der Waals surface area contributed by atoms with Crippen LogP contribution in [0.25, 0.3) is 0 Å². The van der Waals surface area contributed by atoms with E-state index in [9.17, 15) is 52.7 Å². The first-order chi connectivity index (χ1) is 28.1. The predicted octanol–water partition coefficient (Wildman–Crippen LogP) is -2.03. The lowest BCUT2D eigenvalue weighted by atomic mass is 10.1. The van der Waals surface area contributed by atoms with Crippen LogP contribution in [0.15, 0.2) is 23.9 Å². The maximum atomic E-state index is 12.6. The van der Waals surface area contributed by atoms with Crippen molar-refractivity contribution in [3.63, 3.8) is 0 Å². The van der Waals surface area contributed by atoms with Crippen LogP contribution in [0.4, 0.5) is 0 Å². The van der Waals surface area contributed by atoms with Gasteiger partial charge >= 0.3 is 0 Å². The number of carbonyl (C=O) groups excluding carboxylic acids is 12. The molecule has 2 atom stereocenters. The first-order valence-corrected chi connectivity index (χ1v) is 19.2. The van der Waals surface area contributed by atoms with Crippen molar-refractivity contribution in [3.8, 4) is 0 Å². The van der Waals surface area contributed by atoms with Crippen molar-refractivity contribution in [2.45, 2.75) is 99.1 Å². The van der Waals surface area contributed by atoms with Crippen LogP contribution in [-0.4, -0.2) is 135 Å². The lowest BCUT2D eigenvalue weighted by Gasteiger charge is -2.21. The van der Waals surface area contributed by atoms with Crippen molar-refractivity contribution < 1.29 is 57.5 Å². The Morgan fingerprint density at radius 2 is 1.17 bits per heavy atom. The Labute approximate surface area is 345 Å². The Bertz CT molecular complexity index is 1430. The summed E-state index contributed by atoms with van der Waals surface area (Å²) in [6, 6.07) is -1.10. The van der Waals surface area contributed by atoms with Gasteiger partial charge in [0.1, 0.15) is 24.4 Å². The maximum Gasteiger partial charge on any atom is 0.253 e. The fourth-order valence-electron chi connectivity index (χ4n) is 4.31. The number of Topliss-reactive ketones (excluding diaryl/α,β-unsaturated/α-hetero) is 1. The number of hydrogen-bond acceptors (Lipinski definition) is 13. The minimum atomic E-state index is -0.940. The van der Waals surface area contributed by atoms with Crippen molar-refractivity contribution in [2.24, 2.45) is 0 Å². The number of amides is 9. The molecule has 0 aliphatic carbocycles. The van der Waals surface area contributed by atoms with E-state index in [1.807, 2.05) is 40.7 Å². The Kier molecular flexibility index (Phi) is 36.1. The molecule has 59 heavy (non-hydrogen) atoms. The highest BCUT2D eigenvalue weighted by atomic mass is 16.2. The van der Waals surface area contributed by atoms with Crippen molar-refractivity contribution in [2.75, 3.05) is 45.8 Å². The van der Waals surface area contributed by atoms with Gasteiger partial charge in [0.05, 0.1) is 39.3 Å². The topological polar surface area (TPSA) is 304 Å². The summed E-state index contributed by atoms with van der Waals surface area (Å²) >= 11 is 0. The normalized spacial score (nSPS) is 12.1. The number of imide groups is 1. The Balaban J connectivity index is -0.00000175. The standard InChI is InChI=1S/C27H44N8O9.C7H9NO2.C2H4O.C2H6/c1-4-5-20(35-18(2)6-9-22(39)30-14-25(42)31-13-23(40)28-10-11-36)7-8-21(34-17-37)27(44)33-16-26(43)32-15-24(41)29-12-19(3)38;1-2-5-8-6(9)3-4-7(8)10;1-2-3;1-2/h5,11,17-18,21,35H,4,6-10,12-16H2,1-3H3,(H,28,40)(H,29,41)(H,30,39)(H,31,42)(H,32,43)(H,33,44)(H,34,37);3-4H,2,5H2,1H3;2H,1H3;1-2H3/b20-5+;;;. The minimum absolute atomic E-state index is 0.110. The SMILES string of the molecule is CC.CC/C=C(\CCC(NC=O)C(=O)NCC(=O)NCC(=O)NCC(C)=O)NC(C)CCC(=O)NCC(=O)NCC(=O)NCC=O.CC=O.CCCN1C(=O)C=CC1=O. The van der Waals surface area contributed by atoms with E-state index in [1.165, 1.54) is 30.9 Å². The molecule has 1 heterocycles. The third-order valence-electron chi connectivity index (χ3n) is 7.00. The van der Waals surface area contributed by atoms with Gasteiger partial charge in [-0.25, -0.2) is 0 Å². The maximum absolute atomic E-state index is 12.6. The van der Waals surface area contributed by atoms with Crippen molar-refractivity contribution in [1.82, 2.24) is 47.4 Å². The van der Waals surface area contributed by atoms with Gasteiger partial charge in [0.2, 0.25) is 41.9 Å². The first-order valence-electron chi connectivity index (χ1n) is 19.2. The lowest BCUT2D eigenvalue weighted by Crippen LogP contribution is -2.48. The zero-order chi connectivity index (χ0) is 45.6. The van der Waals surface area contributed by atoms with Gasteiger partial charge in [0.15, 0.2) is 0 Å². The molecule has 8 N–H and O–H groups in total. The third-order valence-corrected chi connectivity index (χ3v) is 7.00. The molecule has 2 unspecified atom stereocenters. The molecule has 0 fully saturated rings. The lowest BCUT2D eigenvalue weighted by molar-refractivity contribution is -0.137. The van der Waals surface area contributed by atoms with Crippen LogP contribution >= 0.6 is 0 Å². The molecule has 0 spiro atoms. The fraction of sp³-hybridized carbons (Fsp3) is 0.579. The van der Waals surface area contributed by atoms with Crippen LogP contribution in [0.2, 0.25) is 0 Å². The summed E-state index contributed by atoms with van der Waals surface area (Å²) in [6.45, 7) is 11.2. The Morgan fingerprint density at radius 3 is 1.63 bits per heavy atom. The van der Waals surface area contributed by atoms with E-state index in [2.05, 4.69) is 42.5 Å². The predicted molar refractivity (Wildman–Crippen MR) is 216 cm³/mol. The van der Waals surface area contributed by atoms with Crippen LogP contribution < -0.4 is 42.5 Å². The van der Waals surface area contributed by atoms with E-state index in [-0.39, 0.29) is 75.1 Å². The molecule has 21 nitrogen and oxygen atoms in total. The van der Waals surface area contributed by atoms with Crippen LogP contribution in [0.3, 0.4) is 0 Å². The van der Waals surface area contributed by atoms with Gasteiger partial charge < -0.3 is 52.1 Å². The zero-order valence-corrected chi connectivity index (χ0v) is 35.2. The van der Waals surface area contributed by atoms with E-state index in [0.29, 0.717) is 38.5 Å². The summed E-state index contributed by atoms with van der Waals surface area (Å²) in [4.78, 5) is 135. The van der Waals surface area contributed by atoms with Crippen LogP contribution in [0.1, 0.15) is 87.0 Å². The molecule has 0 aromatic rings. The number of nitrogens with zero attached hydrogens (tertiary/aromatic N) is 1. The fourth-order valence-corrected chi connectivity index (χ4v) is 4.31. The number of ketones is 1. The largest absolute Gasteiger partial charge is 0.386 e. The summed E-state index contributed by atoms with van der Waals surface area (Å²) in [7, 11) is 0.